The molecule has 2 aliphatic carbocycles. The molecule has 0 spiro atoms. The second-order valence-electron chi connectivity index (χ2n) is 8.86. The summed E-state index contributed by atoms with van der Waals surface area (Å²) in [5, 5.41) is 4.60. The van der Waals surface area contributed by atoms with Crippen molar-refractivity contribution in [2.24, 2.45) is 11.8 Å². The van der Waals surface area contributed by atoms with Gasteiger partial charge in [-0.05, 0) is 49.5 Å². The van der Waals surface area contributed by atoms with E-state index >= 15 is 0 Å². The van der Waals surface area contributed by atoms with E-state index in [1.54, 1.807) is 22.0 Å². The summed E-state index contributed by atoms with van der Waals surface area (Å²) in [6, 6.07) is 0.267. The highest BCUT2D eigenvalue weighted by molar-refractivity contribution is 7.99. The van der Waals surface area contributed by atoms with Gasteiger partial charge in [0.15, 0.2) is 5.16 Å². The van der Waals surface area contributed by atoms with E-state index in [-0.39, 0.29) is 23.3 Å². The third kappa shape index (κ3) is 4.37. The Labute approximate surface area is 186 Å². The number of carbonyl (C=O) groups is 1. The maximum Gasteiger partial charge on any atom is 0.263 e. The first-order valence-electron chi connectivity index (χ1n) is 11.1. The van der Waals surface area contributed by atoms with Crippen LogP contribution in [0, 0.1) is 11.8 Å². The molecule has 3 atom stereocenters. The number of aromatic nitrogens is 2. The summed E-state index contributed by atoms with van der Waals surface area (Å²) in [5.41, 5.74) is 1.21. The van der Waals surface area contributed by atoms with E-state index in [0.29, 0.717) is 23.5 Å². The van der Waals surface area contributed by atoms with Crippen LogP contribution in [0.1, 0.15) is 56.4 Å². The lowest BCUT2D eigenvalue weighted by atomic mass is 9.86. The Morgan fingerprint density at radius 2 is 2.13 bits per heavy atom. The monoisotopic (exact) mass is 445 g/mol. The lowest BCUT2D eigenvalue weighted by Gasteiger charge is -2.29. The Bertz CT molecular complexity index is 1010. The zero-order valence-corrected chi connectivity index (χ0v) is 19.5. The fraction of sp³-hybridized carbons (Fsp3) is 0.609. The van der Waals surface area contributed by atoms with Gasteiger partial charge < -0.3 is 5.32 Å². The van der Waals surface area contributed by atoms with E-state index in [2.05, 4.69) is 25.7 Å². The van der Waals surface area contributed by atoms with Crippen LogP contribution in [-0.4, -0.2) is 27.3 Å². The molecular formula is C23H31N3O2S2. The zero-order chi connectivity index (χ0) is 21.3. The molecule has 0 aliphatic heterocycles. The minimum Gasteiger partial charge on any atom is -0.352 e. The molecule has 1 saturated carbocycles. The number of nitrogens with one attached hydrogen (secondary N) is 1. The number of hydrogen-bond donors (Lipinski definition) is 1. The second kappa shape index (κ2) is 9.27. The van der Waals surface area contributed by atoms with E-state index in [0.717, 1.165) is 35.9 Å². The van der Waals surface area contributed by atoms with Crippen LogP contribution < -0.4 is 10.9 Å². The Hall–Kier alpha value is -1.60. The summed E-state index contributed by atoms with van der Waals surface area (Å²) >= 11 is 3.02. The van der Waals surface area contributed by atoms with Gasteiger partial charge in [-0.25, -0.2) is 4.98 Å². The van der Waals surface area contributed by atoms with Crippen LogP contribution in [0.5, 0.6) is 0 Å². The largest absolute Gasteiger partial charge is 0.352 e. The van der Waals surface area contributed by atoms with Gasteiger partial charge in [0.25, 0.3) is 5.56 Å². The first-order valence-corrected chi connectivity index (χ1v) is 12.9. The van der Waals surface area contributed by atoms with Gasteiger partial charge >= 0.3 is 0 Å². The smallest absolute Gasteiger partial charge is 0.263 e. The van der Waals surface area contributed by atoms with Crippen molar-refractivity contribution in [3.8, 4) is 0 Å². The Balaban J connectivity index is 1.57. The highest BCUT2D eigenvalue weighted by Crippen LogP contribution is 2.36. The fourth-order valence-electron chi connectivity index (χ4n) is 4.71. The third-order valence-electron chi connectivity index (χ3n) is 6.48. The number of fused-ring (bicyclic) bond motifs is 3. The summed E-state index contributed by atoms with van der Waals surface area (Å²) in [5.74, 6) is 1.49. The molecule has 162 valence electrons. The average Bonchev–Trinajstić information content (AvgIpc) is 3.08. The molecule has 0 saturated heterocycles. The first-order chi connectivity index (χ1) is 14.5. The molecule has 1 N–H and O–H groups in total. The highest BCUT2D eigenvalue weighted by Gasteiger charge is 2.26. The van der Waals surface area contributed by atoms with Gasteiger partial charge in [-0.2, -0.15) is 0 Å². The van der Waals surface area contributed by atoms with Gasteiger partial charge in [-0.15, -0.1) is 17.9 Å². The summed E-state index contributed by atoms with van der Waals surface area (Å²) in [6.07, 6.45) is 9.50. The van der Waals surface area contributed by atoms with Crippen LogP contribution in [0.3, 0.4) is 0 Å². The molecule has 0 radical (unpaired) electrons. The molecule has 7 heteroatoms. The van der Waals surface area contributed by atoms with Crippen LogP contribution in [-0.2, 0) is 24.2 Å². The van der Waals surface area contributed by atoms with Gasteiger partial charge in [0.2, 0.25) is 5.91 Å². The molecule has 3 unspecified atom stereocenters. The first kappa shape index (κ1) is 21.6. The third-order valence-corrected chi connectivity index (χ3v) is 8.61. The summed E-state index contributed by atoms with van der Waals surface area (Å²) < 4.78 is 1.68. The molecule has 0 aromatic carbocycles. The van der Waals surface area contributed by atoms with Crippen LogP contribution in [0.15, 0.2) is 22.6 Å². The van der Waals surface area contributed by atoms with Crippen molar-refractivity contribution in [2.75, 3.05) is 5.75 Å². The van der Waals surface area contributed by atoms with Crippen molar-refractivity contribution in [3.63, 3.8) is 0 Å². The highest BCUT2D eigenvalue weighted by atomic mass is 32.2. The number of allylic oxidation sites excluding steroid dienone is 1. The maximum absolute atomic E-state index is 13.3. The maximum atomic E-state index is 13.3. The number of aryl methyl sites for hydroxylation is 1. The molecule has 2 aromatic rings. The quantitative estimate of drug-likeness (QED) is 0.402. The molecule has 1 fully saturated rings. The predicted octanol–water partition coefficient (Wildman–Crippen LogP) is 4.56. The second-order valence-corrected chi connectivity index (χ2v) is 10.9. The normalized spacial score (nSPS) is 23.9. The Kier molecular flexibility index (Phi) is 6.68. The lowest BCUT2D eigenvalue weighted by Crippen LogP contribution is -2.41. The van der Waals surface area contributed by atoms with Crippen LogP contribution in [0.25, 0.3) is 10.2 Å². The minimum absolute atomic E-state index is 0.00997. The van der Waals surface area contributed by atoms with Crippen LogP contribution in [0.2, 0.25) is 0 Å². The summed E-state index contributed by atoms with van der Waals surface area (Å²) in [6.45, 7) is 8.70. The molecular weight excluding hydrogens is 414 g/mol. The molecule has 1 amide bonds. The molecule has 30 heavy (non-hydrogen) atoms. The number of hydrogen-bond acceptors (Lipinski definition) is 5. The number of rotatable bonds is 6. The van der Waals surface area contributed by atoms with Crippen molar-refractivity contribution < 1.29 is 4.79 Å². The van der Waals surface area contributed by atoms with Gasteiger partial charge in [0.1, 0.15) is 4.83 Å². The predicted molar refractivity (Wildman–Crippen MR) is 126 cm³/mol. The standard InChI is InChI=1S/C23H31N3O2S2/c1-4-11-26-22(28)20-16-10-9-14(2)12-18(16)30-21(20)25-23(26)29-13-19(27)24-17-8-6-5-7-15(17)3/h4,14-15,17H,1,5-13H2,2-3H3,(H,24,27). The van der Waals surface area contributed by atoms with Crippen molar-refractivity contribution in [3.05, 3.63) is 33.4 Å². The molecule has 0 bridgehead atoms. The molecule has 2 aromatic heterocycles. The van der Waals surface area contributed by atoms with E-state index in [4.69, 9.17) is 4.98 Å². The van der Waals surface area contributed by atoms with Crippen LogP contribution in [0.4, 0.5) is 0 Å². The number of thiophene rings is 1. The lowest BCUT2D eigenvalue weighted by molar-refractivity contribution is -0.119. The average molecular weight is 446 g/mol. The number of nitrogens with zero attached hydrogens (tertiary/aromatic N) is 2. The molecule has 5 nitrogen and oxygen atoms in total. The van der Waals surface area contributed by atoms with E-state index in [1.807, 2.05) is 0 Å². The number of thioether (sulfide) groups is 1. The van der Waals surface area contributed by atoms with E-state index < -0.39 is 0 Å². The summed E-state index contributed by atoms with van der Waals surface area (Å²) in [4.78, 5) is 32.9. The van der Waals surface area contributed by atoms with Crippen molar-refractivity contribution in [1.82, 2.24) is 14.9 Å². The van der Waals surface area contributed by atoms with Crippen molar-refractivity contribution >= 4 is 39.2 Å². The van der Waals surface area contributed by atoms with Gasteiger partial charge in [0, 0.05) is 17.5 Å². The van der Waals surface area contributed by atoms with E-state index in [1.165, 1.54) is 41.5 Å². The molecule has 2 aliphatic rings. The summed E-state index contributed by atoms with van der Waals surface area (Å²) in [7, 11) is 0. The zero-order valence-electron chi connectivity index (χ0n) is 17.9. The van der Waals surface area contributed by atoms with Crippen molar-refractivity contribution in [2.45, 2.75) is 76.5 Å². The molecule has 2 heterocycles. The Morgan fingerprint density at radius 1 is 1.33 bits per heavy atom. The van der Waals surface area contributed by atoms with E-state index in [9.17, 15) is 9.59 Å². The number of carbonyl (C=O) groups excluding carboxylic acids is 1. The Morgan fingerprint density at radius 3 is 2.90 bits per heavy atom. The van der Waals surface area contributed by atoms with Crippen LogP contribution >= 0.6 is 23.1 Å². The fourth-order valence-corrected chi connectivity index (χ4v) is 6.96. The topological polar surface area (TPSA) is 64.0 Å². The molecule has 4 rings (SSSR count). The SMILES string of the molecule is C=CCn1c(SCC(=O)NC2CCCCC2C)nc2sc3c(c2c1=O)CCC(C)C3. The van der Waals surface area contributed by atoms with Gasteiger partial charge in [-0.3, -0.25) is 14.2 Å². The minimum atomic E-state index is 0.00997. The van der Waals surface area contributed by atoms with Crippen molar-refractivity contribution in [1.29, 1.82) is 0 Å². The van der Waals surface area contributed by atoms with Gasteiger partial charge in [0.05, 0.1) is 11.1 Å². The van der Waals surface area contributed by atoms with Gasteiger partial charge in [-0.1, -0.05) is 44.5 Å². The number of amides is 1.